The van der Waals surface area contributed by atoms with Gasteiger partial charge in [-0.15, -0.1) is 0 Å². The summed E-state index contributed by atoms with van der Waals surface area (Å²) in [5.74, 6) is 1.70. The van der Waals surface area contributed by atoms with Crippen molar-refractivity contribution >= 4 is 0 Å². The van der Waals surface area contributed by atoms with Crippen molar-refractivity contribution in [3.8, 4) is 5.75 Å². The third-order valence-corrected chi connectivity index (χ3v) is 3.47. The fourth-order valence-corrected chi connectivity index (χ4v) is 2.68. The third kappa shape index (κ3) is 3.74. The zero-order chi connectivity index (χ0) is 12.1. The topological polar surface area (TPSA) is 12.5 Å². The first kappa shape index (κ1) is 12.4. The minimum Gasteiger partial charge on any atom is -0.490 e. The summed E-state index contributed by atoms with van der Waals surface area (Å²) in [5.41, 5.74) is 0. The van der Waals surface area contributed by atoms with Crippen molar-refractivity contribution in [2.75, 3.05) is 20.6 Å². The number of rotatable bonds is 4. The van der Waals surface area contributed by atoms with Crippen LogP contribution in [0, 0.1) is 5.92 Å². The molecular formula is C15H23NO. The highest BCUT2D eigenvalue weighted by molar-refractivity contribution is 5.21. The van der Waals surface area contributed by atoms with Crippen LogP contribution >= 0.6 is 0 Å². The van der Waals surface area contributed by atoms with E-state index in [1.165, 1.54) is 25.7 Å². The number of ether oxygens (including phenoxy) is 1. The SMILES string of the molecule is CN(C)C[C@H]1CCCC[C@@H]1Oc1ccccc1. The maximum atomic E-state index is 6.14. The molecule has 0 bridgehead atoms. The molecule has 2 rings (SSSR count). The minimum absolute atomic E-state index is 0.397. The first-order valence-electron chi connectivity index (χ1n) is 6.62. The van der Waals surface area contributed by atoms with Gasteiger partial charge in [0.1, 0.15) is 11.9 Å². The van der Waals surface area contributed by atoms with Gasteiger partial charge in [0.25, 0.3) is 0 Å². The van der Waals surface area contributed by atoms with Gasteiger partial charge < -0.3 is 9.64 Å². The zero-order valence-corrected chi connectivity index (χ0v) is 10.9. The monoisotopic (exact) mass is 233 g/mol. The summed E-state index contributed by atoms with van der Waals surface area (Å²) < 4.78 is 6.14. The number of hydrogen-bond acceptors (Lipinski definition) is 2. The van der Waals surface area contributed by atoms with Crippen molar-refractivity contribution in [2.24, 2.45) is 5.92 Å². The molecule has 17 heavy (non-hydrogen) atoms. The van der Waals surface area contributed by atoms with E-state index in [1.54, 1.807) is 0 Å². The zero-order valence-electron chi connectivity index (χ0n) is 10.9. The van der Waals surface area contributed by atoms with Crippen LogP contribution in [-0.2, 0) is 0 Å². The number of para-hydroxylation sites is 1. The van der Waals surface area contributed by atoms with Crippen LogP contribution in [0.4, 0.5) is 0 Å². The maximum Gasteiger partial charge on any atom is 0.119 e. The Morgan fingerprint density at radius 1 is 1.12 bits per heavy atom. The molecule has 0 spiro atoms. The highest BCUT2D eigenvalue weighted by Gasteiger charge is 2.27. The lowest BCUT2D eigenvalue weighted by atomic mass is 9.86. The van der Waals surface area contributed by atoms with Crippen molar-refractivity contribution in [3.63, 3.8) is 0 Å². The van der Waals surface area contributed by atoms with Crippen LogP contribution in [0.25, 0.3) is 0 Å². The second-order valence-electron chi connectivity index (χ2n) is 5.28. The van der Waals surface area contributed by atoms with Gasteiger partial charge in [-0.2, -0.15) is 0 Å². The van der Waals surface area contributed by atoms with Gasteiger partial charge in [-0.25, -0.2) is 0 Å². The Balaban J connectivity index is 1.96. The van der Waals surface area contributed by atoms with E-state index in [9.17, 15) is 0 Å². The van der Waals surface area contributed by atoms with Crippen LogP contribution < -0.4 is 4.74 Å². The molecule has 0 unspecified atom stereocenters. The van der Waals surface area contributed by atoms with Crippen LogP contribution in [0.5, 0.6) is 5.75 Å². The molecule has 2 nitrogen and oxygen atoms in total. The molecule has 0 aliphatic heterocycles. The summed E-state index contributed by atoms with van der Waals surface area (Å²) in [7, 11) is 4.29. The van der Waals surface area contributed by atoms with Crippen LogP contribution in [0.1, 0.15) is 25.7 Å². The molecule has 0 N–H and O–H groups in total. The van der Waals surface area contributed by atoms with Crippen LogP contribution in [0.3, 0.4) is 0 Å². The second kappa shape index (κ2) is 6.06. The van der Waals surface area contributed by atoms with Gasteiger partial charge in [0.05, 0.1) is 0 Å². The highest BCUT2D eigenvalue weighted by Crippen LogP contribution is 2.28. The Hall–Kier alpha value is -1.02. The van der Waals surface area contributed by atoms with E-state index in [2.05, 4.69) is 31.1 Å². The molecule has 0 amide bonds. The normalized spacial score (nSPS) is 24.9. The average molecular weight is 233 g/mol. The standard InChI is InChI=1S/C15H23NO/c1-16(2)12-13-8-6-7-11-15(13)17-14-9-4-3-5-10-14/h3-5,9-10,13,15H,6-8,11-12H2,1-2H3/t13-,15+/m1/s1. The Bertz CT molecular complexity index is 323. The molecular weight excluding hydrogens is 210 g/mol. The van der Waals surface area contributed by atoms with Crippen LogP contribution in [0.2, 0.25) is 0 Å². The molecule has 1 saturated carbocycles. The van der Waals surface area contributed by atoms with E-state index in [0.717, 1.165) is 12.3 Å². The van der Waals surface area contributed by atoms with Gasteiger partial charge in [-0.3, -0.25) is 0 Å². The molecule has 0 radical (unpaired) electrons. The minimum atomic E-state index is 0.397. The molecule has 0 heterocycles. The van der Waals surface area contributed by atoms with Gasteiger partial charge >= 0.3 is 0 Å². The molecule has 2 atom stereocenters. The molecule has 1 aliphatic carbocycles. The van der Waals surface area contributed by atoms with Crippen LogP contribution in [0.15, 0.2) is 30.3 Å². The molecule has 1 aromatic carbocycles. The Morgan fingerprint density at radius 3 is 2.53 bits per heavy atom. The van der Waals surface area contributed by atoms with E-state index in [-0.39, 0.29) is 0 Å². The fourth-order valence-electron chi connectivity index (χ4n) is 2.68. The number of hydrogen-bond donors (Lipinski definition) is 0. The predicted octanol–water partition coefficient (Wildman–Crippen LogP) is 3.19. The average Bonchev–Trinajstić information content (AvgIpc) is 2.32. The summed E-state index contributed by atoms with van der Waals surface area (Å²) in [5, 5.41) is 0. The lowest BCUT2D eigenvalue weighted by Crippen LogP contribution is -2.37. The van der Waals surface area contributed by atoms with Crippen LogP contribution in [-0.4, -0.2) is 31.6 Å². The van der Waals surface area contributed by atoms with Gasteiger partial charge in [-0.05, 0) is 45.5 Å². The largest absolute Gasteiger partial charge is 0.490 e. The van der Waals surface area contributed by atoms with Crippen molar-refractivity contribution in [3.05, 3.63) is 30.3 Å². The van der Waals surface area contributed by atoms with Crippen molar-refractivity contribution in [2.45, 2.75) is 31.8 Å². The maximum absolute atomic E-state index is 6.14. The lowest BCUT2D eigenvalue weighted by molar-refractivity contribution is 0.0760. The van der Waals surface area contributed by atoms with Gasteiger partial charge in [0.15, 0.2) is 0 Å². The lowest BCUT2D eigenvalue weighted by Gasteiger charge is -2.33. The van der Waals surface area contributed by atoms with Crippen molar-refractivity contribution in [1.29, 1.82) is 0 Å². The fraction of sp³-hybridized carbons (Fsp3) is 0.600. The Kier molecular flexibility index (Phi) is 4.43. The molecule has 94 valence electrons. The van der Waals surface area contributed by atoms with E-state index in [4.69, 9.17) is 4.74 Å². The van der Waals surface area contributed by atoms with E-state index >= 15 is 0 Å². The van der Waals surface area contributed by atoms with Crippen molar-refractivity contribution < 1.29 is 4.74 Å². The molecule has 0 aromatic heterocycles. The first-order valence-corrected chi connectivity index (χ1v) is 6.62. The van der Waals surface area contributed by atoms with Crippen molar-refractivity contribution in [1.82, 2.24) is 4.90 Å². The van der Waals surface area contributed by atoms with Gasteiger partial charge in [0.2, 0.25) is 0 Å². The Morgan fingerprint density at radius 2 is 1.82 bits per heavy atom. The van der Waals surface area contributed by atoms with Gasteiger partial charge in [0, 0.05) is 12.5 Å². The predicted molar refractivity (Wildman–Crippen MR) is 71.4 cm³/mol. The van der Waals surface area contributed by atoms with E-state index in [0.29, 0.717) is 12.0 Å². The molecule has 1 aromatic rings. The first-order chi connectivity index (χ1) is 8.25. The summed E-state index contributed by atoms with van der Waals surface area (Å²) >= 11 is 0. The molecule has 0 saturated heterocycles. The number of nitrogens with zero attached hydrogens (tertiary/aromatic N) is 1. The summed E-state index contributed by atoms with van der Waals surface area (Å²) in [4.78, 5) is 2.28. The summed E-state index contributed by atoms with van der Waals surface area (Å²) in [6.07, 6.45) is 5.56. The van der Waals surface area contributed by atoms with E-state index in [1.807, 2.05) is 18.2 Å². The quantitative estimate of drug-likeness (QED) is 0.792. The van der Waals surface area contributed by atoms with Gasteiger partial charge in [-0.1, -0.05) is 24.6 Å². The molecule has 1 fully saturated rings. The summed E-state index contributed by atoms with van der Waals surface area (Å²) in [6, 6.07) is 10.2. The molecule has 2 heteroatoms. The smallest absolute Gasteiger partial charge is 0.119 e. The van der Waals surface area contributed by atoms with E-state index < -0.39 is 0 Å². The summed E-state index contributed by atoms with van der Waals surface area (Å²) in [6.45, 7) is 1.14. The number of benzene rings is 1. The Labute approximate surface area is 105 Å². The second-order valence-corrected chi connectivity index (χ2v) is 5.28. The highest BCUT2D eigenvalue weighted by atomic mass is 16.5. The third-order valence-electron chi connectivity index (χ3n) is 3.47. The molecule has 1 aliphatic rings.